The van der Waals surface area contributed by atoms with E-state index in [1.807, 2.05) is 16.7 Å². The summed E-state index contributed by atoms with van der Waals surface area (Å²) in [6, 6.07) is 0.135. The average Bonchev–Trinajstić information content (AvgIpc) is 2.01. The van der Waals surface area contributed by atoms with E-state index in [1.54, 1.807) is 0 Å². The molecule has 0 aromatic carbocycles. The van der Waals surface area contributed by atoms with Crippen molar-refractivity contribution in [1.82, 2.24) is 10.2 Å². The van der Waals surface area contributed by atoms with E-state index < -0.39 is 0 Å². The van der Waals surface area contributed by atoms with E-state index in [0.29, 0.717) is 11.2 Å². The highest BCUT2D eigenvalue weighted by molar-refractivity contribution is 7.99. The number of hydrogen-bond acceptors (Lipinski definition) is 3. The zero-order chi connectivity index (χ0) is 9.26. The second-order valence-electron chi connectivity index (χ2n) is 3.76. The molecule has 2 atom stereocenters. The molecule has 3 nitrogen and oxygen atoms in total. The monoisotopic (exact) mass is 236 g/mol. The molecule has 0 aliphatic carbocycles. The van der Waals surface area contributed by atoms with E-state index in [0.717, 1.165) is 31.8 Å². The standard InChI is InChI=1S/C9H16N2OS.ClH/c1-7-6-11(4-5-13-7)9(12)8-2-3-10-8;/h7-8,10H,2-6H2,1H3;1H/t7?,8-;/m1./s1. The molecule has 82 valence electrons. The van der Waals surface area contributed by atoms with Gasteiger partial charge >= 0.3 is 0 Å². The lowest BCUT2D eigenvalue weighted by molar-refractivity contribution is -0.135. The third kappa shape index (κ3) is 2.55. The molecule has 2 rings (SSSR count). The van der Waals surface area contributed by atoms with Gasteiger partial charge in [0, 0.05) is 24.1 Å². The predicted molar refractivity (Wildman–Crippen MR) is 62.2 cm³/mol. The van der Waals surface area contributed by atoms with Crippen LogP contribution in [-0.2, 0) is 4.79 Å². The maximum absolute atomic E-state index is 11.8. The lowest BCUT2D eigenvalue weighted by atomic mass is 10.1. The second kappa shape index (κ2) is 5.24. The molecule has 2 heterocycles. The largest absolute Gasteiger partial charge is 0.339 e. The first-order chi connectivity index (χ1) is 6.27. The first kappa shape index (κ1) is 12.1. The van der Waals surface area contributed by atoms with E-state index in [9.17, 15) is 4.79 Å². The van der Waals surface area contributed by atoms with Gasteiger partial charge in [-0.2, -0.15) is 11.8 Å². The highest BCUT2D eigenvalue weighted by Gasteiger charge is 2.30. The van der Waals surface area contributed by atoms with Crippen molar-refractivity contribution in [2.45, 2.75) is 24.6 Å². The fraction of sp³-hybridized carbons (Fsp3) is 0.889. The molecule has 1 unspecified atom stereocenters. The number of halogens is 1. The molecular formula is C9H17ClN2OS. The summed E-state index contributed by atoms with van der Waals surface area (Å²) in [7, 11) is 0. The van der Waals surface area contributed by atoms with Crippen LogP contribution in [0.25, 0.3) is 0 Å². The summed E-state index contributed by atoms with van der Waals surface area (Å²) in [5.74, 6) is 1.41. The minimum atomic E-state index is 0. The van der Waals surface area contributed by atoms with Crippen molar-refractivity contribution < 1.29 is 4.79 Å². The van der Waals surface area contributed by atoms with Crippen LogP contribution in [-0.4, -0.2) is 47.5 Å². The Hall–Kier alpha value is 0.0700. The average molecular weight is 237 g/mol. The maximum atomic E-state index is 11.8. The number of nitrogens with zero attached hydrogens (tertiary/aromatic N) is 1. The molecule has 1 N–H and O–H groups in total. The van der Waals surface area contributed by atoms with Gasteiger partial charge in [-0.15, -0.1) is 12.4 Å². The molecule has 2 fully saturated rings. The van der Waals surface area contributed by atoms with Gasteiger partial charge in [0.2, 0.25) is 5.91 Å². The van der Waals surface area contributed by atoms with Gasteiger partial charge < -0.3 is 10.2 Å². The Labute approximate surface area is 95.4 Å². The number of rotatable bonds is 1. The van der Waals surface area contributed by atoms with E-state index in [1.165, 1.54) is 0 Å². The van der Waals surface area contributed by atoms with Crippen LogP contribution in [0.5, 0.6) is 0 Å². The van der Waals surface area contributed by atoms with Gasteiger partial charge in [0.1, 0.15) is 0 Å². The van der Waals surface area contributed by atoms with Crippen molar-refractivity contribution in [2.75, 3.05) is 25.4 Å². The topological polar surface area (TPSA) is 32.3 Å². The first-order valence-electron chi connectivity index (χ1n) is 4.91. The number of carbonyl (C=O) groups excluding carboxylic acids is 1. The number of hydrogen-bond donors (Lipinski definition) is 1. The Morgan fingerprint density at radius 1 is 1.57 bits per heavy atom. The summed E-state index contributed by atoms with van der Waals surface area (Å²) in [6.07, 6.45) is 1.02. The van der Waals surface area contributed by atoms with Crippen molar-refractivity contribution in [1.29, 1.82) is 0 Å². The van der Waals surface area contributed by atoms with E-state index >= 15 is 0 Å². The summed E-state index contributed by atoms with van der Waals surface area (Å²) in [6.45, 7) is 5.07. The molecule has 0 spiro atoms. The lowest BCUT2D eigenvalue weighted by Gasteiger charge is -2.36. The summed E-state index contributed by atoms with van der Waals surface area (Å²) >= 11 is 1.96. The fourth-order valence-electron chi connectivity index (χ4n) is 1.74. The Bertz CT molecular complexity index is 211. The van der Waals surface area contributed by atoms with Crippen LogP contribution >= 0.6 is 24.2 Å². The zero-order valence-corrected chi connectivity index (χ0v) is 10.00. The summed E-state index contributed by atoms with van der Waals surface area (Å²) in [5.41, 5.74) is 0. The number of thioether (sulfide) groups is 1. The third-order valence-corrected chi connectivity index (χ3v) is 3.81. The van der Waals surface area contributed by atoms with Crippen molar-refractivity contribution in [3.63, 3.8) is 0 Å². The predicted octanol–water partition coefficient (Wildman–Crippen LogP) is 0.734. The van der Waals surface area contributed by atoms with Crippen LogP contribution in [0.4, 0.5) is 0 Å². The minimum Gasteiger partial charge on any atom is -0.339 e. The Balaban J connectivity index is 0.000000980. The van der Waals surface area contributed by atoms with Gasteiger partial charge in [-0.05, 0) is 13.0 Å². The minimum absolute atomic E-state index is 0. The van der Waals surface area contributed by atoms with Crippen molar-refractivity contribution >= 4 is 30.1 Å². The van der Waals surface area contributed by atoms with Gasteiger partial charge in [-0.3, -0.25) is 4.79 Å². The normalized spacial score (nSPS) is 31.6. The Morgan fingerprint density at radius 2 is 2.29 bits per heavy atom. The van der Waals surface area contributed by atoms with Gasteiger partial charge in [-0.1, -0.05) is 6.92 Å². The number of amides is 1. The number of carbonyl (C=O) groups is 1. The zero-order valence-electron chi connectivity index (χ0n) is 8.36. The lowest BCUT2D eigenvalue weighted by Crippen LogP contribution is -2.56. The Kier molecular flexibility index (Phi) is 4.54. The highest BCUT2D eigenvalue weighted by Crippen LogP contribution is 2.19. The molecule has 0 aromatic heterocycles. The maximum Gasteiger partial charge on any atom is 0.239 e. The molecule has 0 aromatic rings. The van der Waals surface area contributed by atoms with E-state index in [-0.39, 0.29) is 18.4 Å². The van der Waals surface area contributed by atoms with Crippen LogP contribution in [0, 0.1) is 0 Å². The van der Waals surface area contributed by atoms with E-state index in [4.69, 9.17) is 0 Å². The quantitative estimate of drug-likeness (QED) is 0.729. The number of nitrogens with one attached hydrogen (secondary N) is 1. The van der Waals surface area contributed by atoms with E-state index in [2.05, 4.69) is 12.2 Å². The van der Waals surface area contributed by atoms with Gasteiger partial charge in [-0.25, -0.2) is 0 Å². The molecular weight excluding hydrogens is 220 g/mol. The van der Waals surface area contributed by atoms with Crippen molar-refractivity contribution in [3.05, 3.63) is 0 Å². The molecule has 2 saturated heterocycles. The molecule has 2 aliphatic heterocycles. The van der Waals surface area contributed by atoms with Crippen molar-refractivity contribution in [2.24, 2.45) is 0 Å². The molecule has 14 heavy (non-hydrogen) atoms. The SMILES string of the molecule is CC1CN(C(=O)[C@H]2CCN2)CCS1.Cl. The highest BCUT2D eigenvalue weighted by atomic mass is 35.5. The molecule has 5 heteroatoms. The van der Waals surface area contributed by atoms with Gasteiger partial charge in [0.25, 0.3) is 0 Å². The van der Waals surface area contributed by atoms with Crippen LogP contribution in [0.1, 0.15) is 13.3 Å². The summed E-state index contributed by atoms with van der Waals surface area (Å²) in [4.78, 5) is 13.8. The van der Waals surface area contributed by atoms with Gasteiger partial charge in [0.15, 0.2) is 0 Å². The second-order valence-corrected chi connectivity index (χ2v) is 5.31. The summed E-state index contributed by atoms with van der Waals surface area (Å²) < 4.78 is 0. The first-order valence-corrected chi connectivity index (χ1v) is 5.96. The molecule has 0 bridgehead atoms. The van der Waals surface area contributed by atoms with Crippen LogP contribution in [0.3, 0.4) is 0 Å². The molecule has 1 amide bonds. The van der Waals surface area contributed by atoms with Gasteiger partial charge in [0.05, 0.1) is 6.04 Å². The fourth-order valence-corrected chi connectivity index (χ4v) is 2.75. The van der Waals surface area contributed by atoms with Crippen molar-refractivity contribution in [3.8, 4) is 0 Å². The Morgan fingerprint density at radius 3 is 2.79 bits per heavy atom. The smallest absolute Gasteiger partial charge is 0.239 e. The third-order valence-electron chi connectivity index (χ3n) is 2.67. The van der Waals surface area contributed by atoms with Crippen LogP contribution < -0.4 is 5.32 Å². The summed E-state index contributed by atoms with van der Waals surface area (Å²) in [5, 5.41) is 3.77. The van der Waals surface area contributed by atoms with Crippen LogP contribution in [0.15, 0.2) is 0 Å². The molecule has 0 saturated carbocycles. The van der Waals surface area contributed by atoms with Crippen LogP contribution in [0.2, 0.25) is 0 Å². The molecule has 2 aliphatic rings. The molecule has 0 radical (unpaired) electrons.